The molecule has 0 fully saturated rings. The molecule has 1 aromatic carbocycles. The SMILES string of the molecule is CCC(Cl)CN=Nc1c(Cl)cc(Cl)cc1Cl. The molecule has 0 heterocycles. The van der Waals surface area contributed by atoms with Crippen molar-refractivity contribution in [2.75, 3.05) is 6.54 Å². The predicted molar refractivity (Wildman–Crippen MR) is 70.8 cm³/mol. The number of rotatable bonds is 4. The van der Waals surface area contributed by atoms with Crippen molar-refractivity contribution in [3.8, 4) is 0 Å². The lowest BCUT2D eigenvalue weighted by Gasteiger charge is -2.02. The fourth-order valence-corrected chi connectivity index (χ4v) is 1.91. The van der Waals surface area contributed by atoms with Gasteiger partial charge in [0.15, 0.2) is 0 Å². The minimum atomic E-state index is -0.0198. The summed E-state index contributed by atoms with van der Waals surface area (Å²) in [5.74, 6) is 0. The number of hydrogen-bond donors (Lipinski definition) is 0. The van der Waals surface area contributed by atoms with Crippen LogP contribution in [0.15, 0.2) is 22.4 Å². The number of hydrogen-bond acceptors (Lipinski definition) is 2. The third-order valence-corrected chi connectivity index (χ3v) is 3.12. The van der Waals surface area contributed by atoms with E-state index in [1.54, 1.807) is 12.1 Å². The molecule has 0 saturated heterocycles. The van der Waals surface area contributed by atoms with Crippen molar-refractivity contribution < 1.29 is 0 Å². The van der Waals surface area contributed by atoms with Crippen LogP contribution < -0.4 is 0 Å². The number of nitrogens with zero attached hydrogens (tertiary/aromatic N) is 2. The Morgan fingerprint density at radius 3 is 2.25 bits per heavy atom. The topological polar surface area (TPSA) is 24.7 Å². The molecule has 88 valence electrons. The summed E-state index contributed by atoms with van der Waals surface area (Å²) in [6.07, 6.45) is 0.836. The van der Waals surface area contributed by atoms with Gasteiger partial charge in [-0.25, -0.2) is 0 Å². The lowest BCUT2D eigenvalue weighted by molar-refractivity contribution is 0.789. The largest absolute Gasteiger partial charge is 0.187 e. The van der Waals surface area contributed by atoms with Gasteiger partial charge in [0.1, 0.15) is 5.69 Å². The average Bonchev–Trinajstić information content (AvgIpc) is 2.21. The first-order valence-electron chi connectivity index (χ1n) is 4.70. The Morgan fingerprint density at radius 1 is 1.19 bits per heavy atom. The van der Waals surface area contributed by atoms with Crippen molar-refractivity contribution in [2.24, 2.45) is 10.2 Å². The maximum Gasteiger partial charge on any atom is 0.122 e. The maximum absolute atomic E-state index is 5.93. The van der Waals surface area contributed by atoms with Gasteiger partial charge in [-0.3, -0.25) is 0 Å². The fraction of sp³-hybridized carbons (Fsp3) is 0.400. The molecule has 1 rings (SSSR count). The third kappa shape index (κ3) is 4.10. The zero-order valence-electron chi connectivity index (χ0n) is 8.55. The van der Waals surface area contributed by atoms with Crippen LogP contribution in [0.3, 0.4) is 0 Å². The van der Waals surface area contributed by atoms with Gasteiger partial charge < -0.3 is 0 Å². The Kier molecular flexibility index (Phi) is 5.84. The van der Waals surface area contributed by atoms with Gasteiger partial charge in [-0.05, 0) is 18.6 Å². The van der Waals surface area contributed by atoms with E-state index in [0.29, 0.717) is 27.3 Å². The van der Waals surface area contributed by atoms with E-state index in [2.05, 4.69) is 10.2 Å². The van der Waals surface area contributed by atoms with Crippen LogP contribution in [0.1, 0.15) is 13.3 Å². The van der Waals surface area contributed by atoms with E-state index in [0.717, 1.165) is 6.42 Å². The Morgan fingerprint density at radius 2 is 1.75 bits per heavy atom. The summed E-state index contributed by atoms with van der Waals surface area (Å²) < 4.78 is 0. The first-order chi connectivity index (χ1) is 7.54. The van der Waals surface area contributed by atoms with Crippen molar-refractivity contribution >= 4 is 52.1 Å². The molecule has 6 heteroatoms. The van der Waals surface area contributed by atoms with Crippen LogP contribution >= 0.6 is 46.4 Å². The second-order valence-electron chi connectivity index (χ2n) is 3.15. The van der Waals surface area contributed by atoms with Crippen molar-refractivity contribution in [3.63, 3.8) is 0 Å². The number of alkyl halides is 1. The molecule has 0 N–H and O–H groups in total. The Labute approximate surface area is 115 Å². The molecule has 16 heavy (non-hydrogen) atoms. The van der Waals surface area contributed by atoms with Crippen LogP contribution in [0.25, 0.3) is 0 Å². The van der Waals surface area contributed by atoms with Gasteiger partial charge in [-0.2, -0.15) is 10.2 Å². The highest BCUT2D eigenvalue weighted by atomic mass is 35.5. The maximum atomic E-state index is 5.93. The summed E-state index contributed by atoms with van der Waals surface area (Å²) in [7, 11) is 0. The summed E-state index contributed by atoms with van der Waals surface area (Å²) in [5, 5.41) is 9.10. The Hall–Kier alpha value is -0.0200. The average molecular weight is 300 g/mol. The van der Waals surface area contributed by atoms with Gasteiger partial charge in [0.2, 0.25) is 0 Å². The molecule has 0 aliphatic heterocycles. The summed E-state index contributed by atoms with van der Waals surface area (Å²) in [4.78, 5) is 0. The normalized spacial score (nSPS) is 13.3. The van der Waals surface area contributed by atoms with Crippen molar-refractivity contribution in [1.29, 1.82) is 0 Å². The van der Waals surface area contributed by atoms with E-state index in [1.165, 1.54) is 0 Å². The molecule has 0 amide bonds. The summed E-state index contributed by atoms with van der Waals surface area (Å²) in [6.45, 7) is 2.42. The molecule has 0 aliphatic carbocycles. The van der Waals surface area contributed by atoms with Crippen LogP contribution in [0.2, 0.25) is 15.1 Å². The highest BCUT2D eigenvalue weighted by Gasteiger charge is 2.07. The van der Waals surface area contributed by atoms with E-state index in [-0.39, 0.29) is 5.38 Å². The molecule has 0 spiro atoms. The number of halogens is 4. The van der Waals surface area contributed by atoms with Crippen molar-refractivity contribution in [2.45, 2.75) is 18.7 Å². The van der Waals surface area contributed by atoms with Gasteiger partial charge in [0.05, 0.1) is 22.0 Å². The molecule has 1 atom stereocenters. The molecular formula is C10H10Cl4N2. The standard InChI is InChI=1S/C10H10Cl4N2/c1-2-6(11)5-15-16-10-8(13)3-7(12)4-9(10)14/h3-4,6H,2,5H2,1H3. The zero-order chi connectivity index (χ0) is 12.1. The van der Waals surface area contributed by atoms with E-state index < -0.39 is 0 Å². The second kappa shape index (κ2) is 6.65. The summed E-state index contributed by atoms with van der Waals surface area (Å²) in [6, 6.07) is 3.14. The first kappa shape index (κ1) is 14.0. The lowest BCUT2D eigenvalue weighted by Crippen LogP contribution is -1.99. The van der Waals surface area contributed by atoms with Crippen LogP contribution in [-0.4, -0.2) is 11.9 Å². The lowest BCUT2D eigenvalue weighted by atomic mass is 10.3. The van der Waals surface area contributed by atoms with E-state index in [9.17, 15) is 0 Å². The molecular weight excluding hydrogens is 290 g/mol. The molecule has 1 aromatic rings. The third-order valence-electron chi connectivity index (χ3n) is 1.88. The molecule has 1 unspecified atom stereocenters. The first-order valence-corrected chi connectivity index (χ1v) is 6.27. The van der Waals surface area contributed by atoms with E-state index in [4.69, 9.17) is 46.4 Å². The van der Waals surface area contributed by atoms with Gasteiger partial charge in [0, 0.05) is 5.02 Å². The van der Waals surface area contributed by atoms with Gasteiger partial charge in [0.25, 0.3) is 0 Å². The predicted octanol–water partition coefficient (Wildman–Crippen LogP) is 5.75. The fourth-order valence-electron chi connectivity index (χ4n) is 0.959. The minimum absolute atomic E-state index is 0.0198. The molecule has 0 saturated carbocycles. The molecule has 0 radical (unpaired) electrons. The van der Waals surface area contributed by atoms with E-state index >= 15 is 0 Å². The Bertz CT molecular complexity index is 369. The van der Waals surface area contributed by atoms with Crippen LogP contribution in [0.4, 0.5) is 5.69 Å². The van der Waals surface area contributed by atoms with Gasteiger partial charge in [-0.1, -0.05) is 41.7 Å². The van der Waals surface area contributed by atoms with Crippen LogP contribution in [0.5, 0.6) is 0 Å². The van der Waals surface area contributed by atoms with E-state index in [1.807, 2.05) is 6.92 Å². The van der Waals surface area contributed by atoms with Crippen molar-refractivity contribution in [1.82, 2.24) is 0 Å². The smallest absolute Gasteiger partial charge is 0.122 e. The summed E-state index contributed by atoms with van der Waals surface area (Å²) in [5.41, 5.74) is 0.424. The van der Waals surface area contributed by atoms with Gasteiger partial charge >= 0.3 is 0 Å². The number of benzene rings is 1. The van der Waals surface area contributed by atoms with Crippen LogP contribution in [-0.2, 0) is 0 Å². The highest BCUT2D eigenvalue weighted by Crippen LogP contribution is 2.36. The van der Waals surface area contributed by atoms with Crippen molar-refractivity contribution in [3.05, 3.63) is 27.2 Å². The monoisotopic (exact) mass is 298 g/mol. The highest BCUT2D eigenvalue weighted by molar-refractivity contribution is 6.41. The molecule has 0 bridgehead atoms. The zero-order valence-corrected chi connectivity index (χ0v) is 11.6. The second-order valence-corrected chi connectivity index (χ2v) is 5.02. The summed E-state index contributed by atoms with van der Waals surface area (Å²) >= 11 is 23.5. The minimum Gasteiger partial charge on any atom is -0.187 e. The molecule has 0 aromatic heterocycles. The van der Waals surface area contributed by atoms with Crippen LogP contribution in [0, 0.1) is 0 Å². The number of azo groups is 1. The molecule has 2 nitrogen and oxygen atoms in total. The molecule has 0 aliphatic rings. The van der Waals surface area contributed by atoms with Gasteiger partial charge in [-0.15, -0.1) is 11.6 Å². The Balaban J connectivity index is 2.81. The quantitative estimate of drug-likeness (QED) is 0.500.